The van der Waals surface area contributed by atoms with Crippen molar-refractivity contribution >= 4 is 44.9 Å². The van der Waals surface area contributed by atoms with Gasteiger partial charge in [0.2, 0.25) is 0 Å². The molecule has 0 aliphatic carbocycles. The molecule has 154 valence electrons. The first-order chi connectivity index (χ1) is 14.3. The number of urea groups is 1. The summed E-state index contributed by atoms with van der Waals surface area (Å²) in [6.45, 7) is -0.180. The molecule has 0 saturated carbocycles. The van der Waals surface area contributed by atoms with E-state index in [2.05, 4.69) is 20.7 Å². The summed E-state index contributed by atoms with van der Waals surface area (Å²) in [6, 6.07) is 11.8. The normalized spacial score (nSPS) is 11.6. The number of rotatable bonds is 4. The van der Waals surface area contributed by atoms with Crippen molar-refractivity contribution in [2.24, 2.45) is 0 Å². The van der Waals surface area contributed by atoms with Crippen molar-refractivity contribution in [3.8, 4) is 5.69 Å². The van der Waals surface area contributed by atoms with Crippen molar-refractivity contribution in [1.29, 1.82) is 0 Å². The molecule has 0 atom stereocenters. The number of carbonyl (C=O) groups excluding carboxylic acids is 1. The SMILES string of the molecule is O=C(NCc1cc(C(F)(F)F)nn1-c1cccc(Cl)c1)Nc1ccc2scnc2c1. The van der Waals surface area contributed by atoms with Gasteiger partial charge in [-0.1, -0.05) is 17.7 Å². The van der Waals surface area contributed by atoms with Crippen molar-refractivity contribution in [1.82, 2.24) is 20.1 Å². The molecule has 2 heterocycles. The Bertz CT molecular complexity index is 1220. The molecule has 0 aliphatic rings. The number of halogens is 4. The highest BCUT2D eigenvalue weighted by Gasteiger charge is 2.35. The fourth-order valence-corrected chi connectivity index (χ4v) is 3.64. The Balaban J connectivity index is 1.52. The van der Waals surface area contributed by atoms with Gasteiger partial charge in [-0.15, -0.1) is 11.3 Å². The number of amides is 2. The number of hydrogen-bond acceptors (Lipinski definition) is 4. The lowest BCUT2D eigenvalue weighted by Crippen LogP contribution is -2.29. The van der Waals surface area contributed by atoms with Gasteiger partial charge in [0.25, 0.3) is 0 Å². The zero-order valence-corrected chi connectivity index (χ0v) is 16.6. The van der Waals surface area contributed by atoms with Crippen molar-refractivity contribution in [2.75, 3.05) is 5.32 Å². The lowest BCUT2D eigenvalue weighted by atomic mass is 10.3. The molecule has 0 aliphatic heterocycles. The zero-order chi connectivity index (χ0) is 21.3. The average Bonchev–Trinajstić information content (AvgIpc) is 3.32. The molecular formula is C19H13ClF3N5OS. The van der Waals surface area contributed by atoms with Crippen LogP contribution in [0.15, 0.2) is 54.0 Å². The largest absolute Gasteiger partial charge is 0.435 e. The van der Waals surface area contributed by atoms with E-state index in [1.165, 1.54) is 17.4 Å². The van der Waals surface area contributed by atoms with E-state index in [-0.39, 0.29) is 12.2 Å². The number of aromatic nitrogens is 3. The molecule has 4 rings (SSSR count). The van der Waals surface area contributed by atoms with Gasteiger partial charge in [-0.05, 0) is 42.5 Å². The molecule has 2 aromatic carbocycles. The van der Waals surface area contributed by atoms with E-state index in [9.17, 15) is 18.0 Å². The van der Waals surface area contributed by atoms with Crippen molar-refractivity contribution in [3.63, 3.8) is 0 Å². The lowest BCUT2D eigenvalue weighted by molar-refractivity contribution is -0.141. The van der Waals surface area contributed by atoms with Gasteiger partial charge in [-0.2, -0.15) is 18.3 Å². The lowest BCUT2D eigenvalue weighted by Gasteiger charge is -2.10. The molecule has 0 spiro atoms. The first-order valence-corrected chi connectivity index (χ1v) is 9.85. The van der Waals surface area contributed by atoms with E-state index >= 15 is 0 Å². The molecule has 0 radical (unpaired) electrons. The molecular weight excluding hydrogens is 439 g/mol. The number of nitrogens with one attached hydrogen (secondary N) is 2. The fraction of sp³-hybridized carbons (Fsp3) is 0.105. The Hall–Kier alpha value is -3.11. The molecule has 2 aromatic heterocycles. The molecule has 30 heavy (non-hydrogen) atoms. The molecule has 11 heteroatoms. The number of alkyl halides is 3. The maximum atomic E-state index is 13.2. The minimum Gasteiger partial charge on any atom is -0.332 e. The van der Waals surface area contributed by atoms with Gasteiger partial charge in [0.05, 0.1) is 33.7 Å². The highest BCUT2D eigenvalue weighted by atomic mass is 35.5. The molecule has 2 N–H and O–H groups in total. The summed E-state index contributed by atoms with van der Waals surface area (Å²) >= 11 is 7.42. The molecule has 2 amide bonds. The standard InChI is InChI=1S/C19H13ClF3N5OS/c20-11-2-1-3-13(6-11)28-14(8-17(27-28)19(21,22)23)9-24-18(29)26-12-4-5-16-15(7-12)25-10-30-16/h1-8,10H,9H2,(H2,24,26,29). The first-order valence-electron chi connectivity index (χ1n) is 8.60. The molecule has 0 unspecified atom stereocenters. The van der Waals surface area contributed by atoms with Gasteiger partial charge < -0.3 is 10.6 Å². The number of carbonyl (C=O) groups is 1. The number of hydrogen-bond donors (Lipinski definition) is 2. The predicted octanol–water partition coefficient (Wildman–Crippen LogP) is 5.48. The number of fused-ring (bicyclic) bond motifs is 1. The van der Waals surface area contributed by atoms with Gasteiger partial charge in [-0.3, -0.25) is 0 Å². The minimum atomic E-state index is -4.62. The average molecular weight is 452 g/mol. The quantitative estimate of drug-likeness (QED) is 0.432. The van der Waals surface area contributed by atoms with Gasteiger partial charge in [-0.25, -0.2) is 14.5 Å². The van der Waals surface area contributed by atoms with Crippen LogP contribution in [0.5, 0.6) is 0 Å². The summed E-state index contributed by atoms with van der Waals surface area (Å²) in [5.41, 5.74) is 2.40. The summed E-state index contributed by atoms with van der Waals surface area (Å²) in [6.07, 6.45) is -4.62. The Morgan fingerprint density at radius 1 is 1.17 bits per heavy atom. The molecule has 0 bridgehead atoms. The van der Waals surface area contributed by atoms with Crippen LogP contribution < -0.4 is 10.6 Å². The van der Waals surface area contributed by atoms with Gasteiger partial charge in [0.15, 0.2) is 5.69 Å². The Morgan fingerprint density at radius 2 is 2.00 bits per heavy atom. The first kappa shape index (κ1) is 20.2. The zero-order valence-electron chi connectivity index (χ0n) is 15.1. The van der Waals surface area contributed by atoms with Crippen LogP contribution in [-0.4, -0.2) is 20.8 Å². The van der Waals surface area contributed by atoms with Crippen molar-refractivity contribution < 1.29 is 18.0 Å². The minimum absolute atomic E-state index is 0.148. The fourth-order valence-electron chi connectivity index (χ4n) is 2.80. The highest BCUT2D eigenvalue weighted by molar-refractivity contribution is 7.16. The molecule has 0 fully saturated rings. The van der Waals surface area contributed by atoms with Crippen LogP contribution in [0.2, 0.25) is 5.02 Å². The van der Waals surface area contributed by atoms with Crippen LogP contribution in [-0.2, 0) is 12.7 Å². The molecule has 6 nitrogen and oxygen atoms in total. The van der Waals surface area contributed by atoms with Gasteiger partial charge >= 0.3 is 12.2 Å². The van der Waals surface area contributed by atoms with Crippen LogP contribution in [0, 0.1) is 0 Å². The number of anilines is 1. The number of thiazole rings is 1. The number of nitrogens with zero attached hydrogens (tertiary/aromatic N) is 3. The monoisotopic (exact) mass is 451 g/mol. The number of benzene rings is 2. The maximum absolute atomic E-state index is 13.2. The van der Waals surface area contributed by atoms with Crippen LogP contribution >= 0.6 is 22.9 Å². The van der Waals surface area contributed by atoms with Crippen LogP contribution in [0.3, 0.4) is 0 Å². The van der Waals surface area contributed by atoms with E-state index in [4.69, 9.17) is 11.6 Å². The molecule has 0 saturated heterocycles. The summed E-state index contributed by atoms with van der Waals surface area (Å²) in [5.74, 6) is 0. The van der Waals surface area contributed by atoms with E-state index in [0.717, 1.165) is 21.0 Å². The van der Waals surface area contributed by atoms with Crippen molar-refractivity contribution in [3.05, 3.63) is 70.5 Å². The third-order valence-corrected chi connectivity index (χ3v) is 5.19. The third kappa shape index (κ3) is 4.39. The van der Waals surface area contributed by atoms with Crippen LogP contribution in [0.1, 0.15) is 11.4 Å². The topological polar surface area (TPSA) is 71.8 Å². The van der Waals surface area contributed by atoms with Gasteiger partial charge in [0.1, 0.15) is 0 Å². The molecule has 4 aromatic rings. The van der Waals surface area contributed by atoms with E-state index in [1.807, 2.05) is 6.07 Å². The summed E-state index contributed by atoms with van der Waals surface area (Å²) in [7, 11) is 0. The van der Waals surface area contributed by atoms with E-state index < -0.39 is 17.9 Å². The second-order valence-electron chi connectivity index (χ2n) is 6.25. The van der Waals surface area contributed by atoms with Crippen LogP contribution in [0.4, 0.5) is 23.7 Å². The summed E-state index contributed by atoms with van der Waals surface area (Å²) < 4.78 is 41.6. The second kappa shape index (κ2) is 7.96. The summed E-state index contributed by atoms with van der Waals surface area (Å²) in [4.78, 5) is 16.4. The Labute approximate surface area is 177 Å². The van der Waals surface area contributed by atoms with Crippen LogP contribution in [0.25, 0.3) is 15.9 Å². The maximum Gasteiger partial charge on any atom is 0.435 e. The van der Waals surface area contributed by atoms with Crippen molar-refractivity contribution in [2.45, 2.75) is 12.7 Å². The predicted molar refractivity (Wildman–Crippen MR) is 109 cm³/mol. The second-order valence-corrected chi connectivity index (χ2v) is 7.58. The third-order valence-electron chi connectivity index (χ3n) is 4.14. The summed E-state index contributed by atoms with van der Waals surface area (Å²) in [5, 5.41) is 9.18. The van der Waals surface area contributed by atoms with Gasteiger partial charge in [0, 0.05) is 10.7 Å². The smallest absolute Gasteiger partial charge is 0.332 e. The highest BCUT2D eigenvalue weighted by Crippen LogP contribution is 2.30. The Kier molecular flexibility index (Phi) is 5.35. The van der Waals surface area contributed by atoms with E-state index in [0.29, 0.717) is 16.4 Å². The Morgan fingerprint density at radius 3 is 2.77 bits per heavy atom. The van der Waals surface area contributed by atoms with E-state index in [1.54, 1.807) is 35.8 Å².